The second-order valence-corrected chi connectivity index (χ2v) is 7.20. The Morgan fingerprint density at radius 2 is 2.10 bits per heavy atom. The molecular formula is C17H20O3S. The molecule has 0 saturated heterocycles. The van der Waals surface area contributed by atoms with Crippen molar-refractivity contribution in [1.82, 2.24) is 0 Å². The van der Waals surface area contributed by atoms with Gasteiger partial charge < -0.3 is 5.11 Å². The number of thioether (sulfide) groups is 1. The molecule has 1 saturated carbocycles. The third-order valence-electron chi connectivity index (χ3n) is 4.84. The quantitative estimate of drug-likeness (QED) is 0.898. The van der Waals surface area contributed by atoms with Crippen LogP contribution in [-0.2, 0) is 4.79 Å². The average molecular weight is 304 g/mol. The Kier molecular flexibility index (Phi) is 4.07. The van der Waals surface area contributed by atoms with Crippen LogP contribution in [0.15, 0.2) is 23.1 Å². The number of ketones is 1. The van der Waals surface area contributed by atoms with Crippen molar-refractivity contribution < 1.29 is 14.7 Å². The fourth-order valence-electron chi connectivity index (χ4n) is 3.43. The highest BCUT2D eigenvalue weighted by Gasteiger charge is 2.35. The highest BCUT2D eigenvalue weighted by molar-refractivity contribution is 7.99. The molecule has 112 valence electrons. The van der Waals surface area contributed by atoms with E-state index in [1.165, 1.54) is 6.42 Å². The van der Waals surface area contributed by atoms with Crippen molar-refractivity contribution in [3.05, 3.63) is 29.3 Å². The average Bonchev–Trinajstić information content (AvgIpc) is 2.64. The molecule has 3 rings (SSSR count). The number of carbonyl (C=O) groups excluding carboxylic acids is 1. The van der Waals surface area contributed by atoms with E-state index in [2.05, 4.69) is 0 Å². The summed E-state index contributed by atoms with van der Waals surface area (Å²) in [7, 11) is 0. The highest BCUT2D eigenvalue weighted by atomic mass is 32.2. The Morgan fingerprint density at radius 1 is 1.33 bits per heavy atom. The summed E-state index contributed by atoms with van der Waals surface area (Å²) in [6.45, 7) is 1.67. The molecule has 3 atom stereocenters. The Balaban J connectivity index is 1.97. The summed E-state index contributed by atoms with van der Waals surface area (Å²) in [5.41, 5.74) is 1.48. The lowest BCUT2D eigenvalue weighted by Crippen LogP contribution is -2.27. The first kappa shape index (κ1) is 14.6. The number of benzene rings is 1. The predicted molar refractivity (Wildman–Crippen MR) is 83.0 cm³/mol. The SMILES string of the molecule is CC(C(=O)O)c1ccc2c(c1)C(=O)[C@H]1CCCC[C@@H]1CS2. The molecule has 1 aliphatic carbocycles. The van der Waals surface area contributed by atoms with E-state index >= 15 is 0 Å². The molecule has 4 heteroatoms. The van der Waals surface area contributed by atoms with E-state index in [4.69, 9.17) is 5.11 Å². The minimum absolute atomic E-state index is 0.142. The van der Waals surface area contributed by atoms with Crippen molar-refractivity contribution in [2.24, 2.45) is 11.8 Å². The van der Waals surface area contributed by atoms with Gasteiger partial charge in [-0.25, -0.2) is 0 Å². The van der Waals surface area contributed by atoms with Gasteiger partial charge in [-0.05, 0) is 43.4 Å². The molecule has 21 heavy (non-hydrogen) atoms. The Labute approximate surface area is 129 Å². The topological polar surface area (TPSA) is 54.4 Å². The van der Waals surface area contributed by atoms with Gasteiger partial charge >= 0.3 is 5.97 Å². The second kappa shape index (κ2) is 5.84. The zero-order valence-corrected chi connectivity index (χ0v) is 13.0. The van der Waals surface area contributed by atoms with Crippen molar-refractivity contribution in [3.8, 4) is 0 Å². The molecule has 1 aromatic carbocycles. The lowest BCUT2D eigenvalue weighted by Gasteiger charge is -2.28. The third-order valence-corrected chi connectivity index (χ3v) is 6.10. The molecule has 0 spiro atoms. The van der Waals surface area contributed by atoms with E-state index in [9.17, 15) is 9.59 Å². The summed E-state index contributed by atoms with van der Waals surface area (Å²) in [6.07, 6.45) is 4.50. The van der Waals surface area contributed by atoms with Crippen LogP contribution < -0.4 is 0 Å². The van der Waals surface area contributed by atoms with Crippen LogP contribution in [-0.4, -0.2) is 22.6 Å². The summed E-state index contributed by atoms with van der Waals surface area (Å²) < 4.78 is 0. The predicted octanol–water partition coefficient (Wildman–Crippen LogP) is 3.97. The number of aliphatic carboxylic acids is 1. The van der Waals surface area contributed by atoms with Crippen molar-refractivity contribution in [2.45, 2.75) is 43.4 Å². The van der Waals surface area contributed by atoms with Crippen LogP contribution in [0.2, 0.25) is 0 Å². The molecule has 0 bridgehead atoms. The largest absolute Gasteiger partial charge is 0.481 e. The number of carboxylic acids is 1. The summed E-state index contributed by atoms with van der Waals surface area (Å²) in [6, 6.07) is 5.61. The summed E-state index contributed by atoms with van der Waals surface area (Å²) in [5.74, 6) is 0.459. The number of carbonyl (C=O) groups is 2. The van der Waals surface area contributed by atoms with E-state index < -0.39 is 11.9 Å². The number of carboxylic acid groups (broad SMARTS) is 1. The van der Waals surface area contributed by atoms with Gasteiger partial charge in [0, 0.05) is 22.1 Å². The van der Waals surface area contributed by atoms with E-state index in [0.717, 1.165) is 41.0 Å². The van der Waals surface area contributed by atoms with Gasteiger partial charge in [-0.1, -0.05) is 18.9 Å². The molecule has 1 heterocycles. The van der Waals surface area contributed by atoms with E-state index in [-0.39, 0.29) is 11.7 Å². The Morgan fingerprint density at radius 3 is 2.86 bits per heavy atom. The van der Waals surface area contributed by atoms with Crippen LogP contribution in [0, 0.1) is 11.8 Å². The van der Waals surface area contributed by atoms with Crippen molar-refractivity contribution in [2.75, 3.05) is 5.75 Å². The van der Waals surface area contributed by atoms with Crippen molar-refractivity contribution in [1.29, 1.82) is 0 Å². The lowest BCUT2D eigenvalue weighted by atomic mass is 9.76. The molecule has 0 aromatic heterocycles. The maximum absolute atomic E-state index is 12.9. The minimum atomic E-state index is -0.848. The molecule has 0 amide bonds. The first-order valence-corrected chi connectivity index (χ1v) is 8.60. The molecule has 1 unspecified atom stereocenters. The van der Waals surface area contributed by atoms with E-state index in [1.54, 1.807) is 18.7 Å². The van der Waals surface area contributed by atoms with E-state index in [0.29, 0.717) is 5.92 Å². The zero-order chi connectivity index (χ0) is 15.0. The standard InChI is InChI=1S/C17H20O3S/c1-10(17(19)20)11-6-7-15-14(8-11)16(18)13-5-3-2-4-12(13)9-21-15/h6-8,10,12-13H,2-5,9H2,1H3,(H,19,20)/t10?,12-,13+/m1/s1. The number of Topliss-reactive ketones (excluding diaryl/α,β-unsaturated/α-hetero) is 1. The lowest BCUT2D eigenvalue weighted by molar-refractivity contribution is -0.138. The van der Waals surface area contributed by atoms with Gasteiger partial charge in [0.2, 0.25) is 0 Å². The third kappa shape index (κ3) is 2.73. The van der Waals surface area contributed by atoms with Crippen LogP contribution in [0.1, 0.15) is 54.4 Å². The first-order chi connectivity index (χ1) is 10.1. The molecular weight excluding hydrogens is 284 g/mol. The molecule has 2 aliphatic rings. The molecule has 1 fully saturated rings. The van der Waals surface area contributed by atoms with E-state index in [1.807, 2.05) is 18.2 Å². The first-order valence-electron chi connectivity index (χ1n) is 7.61. The van der Waals surface area contributed by atoms with Crippen LogP contribution >= 0.6 is 11.8 Å². The second-order valence-electron chi connectivity index (χ2n) is 6.14. The number of rotatable bonds is 2. The molecule has 1 aliphatic heterocycles. The fourth-order valence-corrected chi connectivity index (χ4v) is 4.70. The molecule has 1 N–H and O–H groups in total. The monoisotopic (exact) mass is 304 g/mol. The minimum Gasteiger partial charge on any atom is -0.481 e. The summed E-state index contributed by atoms with van der Waals surface area (Å²) >= 11 is 1.76. The number of hydrogen-bond donors (Lipinski definition) is 1. The van der Waals surface area contributed by atoms with Crippen LogP contribution in [0.25, 0.3) is 0 Å². The highest BCUT2D eigenvalue weighted by Crippen LogP contribution is 2.42. The summed E-state index contributed by atoms with van der Waals surface area (Å²) in [4.78, 5) is 25.0. The van der Waals surface area contributed by atoms with Gasteiger partial charge in [0.25, 0.3) is 0 Å². The Hall–Kier alpha value is -1.29. The van der Waals surface area contributed by atoms with Gasteiger partial charge in [0.05, 0.1) is 5.92 Å². The number of fused-ring (bicyclic) bond motifs is 2. The summed E-state index contributed by atoms with van der Waals surface area (Å²) in [5, 5.41) is 9.16. The number of hydrogen-bond acceptors (Lipinski definition) is 3. The van der Waals surface area contributed by atoms with Gasteiger partial charge in [-0.2, -0.15) is 0 Å². The van der Waals surface area contributed by atoms with Gasteiger partial charge in [0.15, 0.2) is 5.78 Å². The van der Waals surface area contributed by atoms with Crippen LogP contribution in [0.5, 0.6) is 0 Å². The van der Waals surface area contributed by atoms with Crippen molar-refractivity contribution in [3.63, 3.8) is 0 Å². The maximum atomic E-state index is 12.9. The fraction of sp³-hybridized carbons (Fsp3) is 0.529. The molecule has 0 radical (unpaired) electrons. The van der Waals surface area contributed by atoms with Crippen LogP contribution in [0.4, 0.5) is 0 Å². The van der Waals surface area contributed by atoms with Gasteiger partial charge in [-0.15, -0.1) is 11.8 Å². The van der Waals surface area contributed by atoms with Gasteiger partial charge in [-0.3, -0.25) is 9.59 Å². The Bertz CT molecular complexity index is 581. The van der Waals surface area contributed by atoms with Gasteiger partial charge in [0.1, 0.15) is 0 Å². The molecule has 3 nitrogen and oxygen atoms in total. The smallest absolute Gasteiger partial charge is 0.310 e. The maximum Gasteiger partial charge on any atom is 0.310 e. The van der Waals surface area contributed by atoms with Crippen molar-refractivity contribution >= 4 is 23.5 Å². The van der Waals surface area contributed by atoms with Crippen LogP contribution in [0.3, 0.4) is 0 Å². The molecule has 1 aromatic rings. The normalized spacial score (nSPS) is 26.4. The zero-order valence-electron chi connectivity index (χ0n) is 12.2.